The molecule has 0 radical (unpaired) electrons. The Morgan fingerprint density at radius 1 is 1.57 bits per heavy atom. The molecule has 0 heterocycles. The van der Waals surface area contributed by atoms with Crippen molar-refractivity contribution in [3.63, 3.8) is 0 Å². The van der Waals surface area contributed by atoms with Crippen molar-refractivity contribution in [3.05, 3.63) is 42.5 Å². The third kappa shape index (κ3) is 5.03. The van der Waals surface area contributed by atoms with Gasteiger partial charge in [0, 0.05) is 5.75 Å². The first-order valence-corrected chi connectivity index (χ1v) is 4.02. The molecule has 1 aromatic carbocycles. The Labute approximate surface area is 112 Å². The zero-order valence-electron chi connectivity index (χ0n) is 8.42. The summed E-state index contributed by atoms with van der Waals surface area (Å²) in [6.07, 6.45) is 3.87. The van der Waals surface area contributed by atoms with E-state index < -0.39 is 0 Å². The molecule has 0 saturated carbocycles. The van der Waals surface area contributed by atoms with Gasteiger partial charge in [-0.05, 0) is 6.42 Å². The number of benzene rings is 1. The fourth-order valence-corrected chi connectivity index (χ4v) is 1.10. The average molecular weight is 265 g/mol. The minimum Gasteiger partial charge on any atom is -1.00 e. The van der Waals surface area contributed by atoms with E-state index in [0.29, 0.717) is 0 Å². The Hall–Kier alpha value is 0.00623. The van der Waals surface area contributed by atoms with Crippen LogP contribution in [0.2, 0.25) is 0 Å². The largest absolute Gasteiger partial charge is 2.00 e. The summed E-state index contributed by atoms with van der Waals surface area (Å²) >= 11 is 0. The van der Waals surface area contributed by atoms with E-state index in [0.717, 1.165) is 18.6 Å². The van der Waals surface area contributed by atoms with Gasteiger partial charge in [-0.3, -0.25) is 0 Å². The van der Waals surface area contributed by atoms with Crippen LogP contribution < -0.4 is 21.7 Å². The summed E-state index contributed by atoms with van der Waals surface area (Å²) in [5.74, 6) is 0.940. The number of methoxy groups -OCH3 is 1. The quantitative estimate of drug-likeness (QED) is 0.395. The van der Waals surface area contributed by atoms with Crippen molar-refractivity contribution in [3.8, 4) is 5.75 Å². The van der Waals surface area contributed by atoms with Crippen molar-refractivity contribution < 1.29 is 21.7 Å². The minimum absolute atomic E-state index is 0. The number of aryl methyl sites for hydroxylation is 1. The van der Waals surface area contributed by atoms with E-state index in [4.69, 9.17) is 4.74 Å². The molecule has 1 rings (SSSR count). The molecular weight excluding hydrogens is 252 g/mol. The Kier molecular flexibility index (Phi) is 11.2. The minimum atomic E-state index is 0. The summed E-state index contributed by atoms with van der Waals surface area (Å²) in [5.41, 5.74) is 1.19. The molecule has 3 heteroatoms. The average Bonchev–Trinajstić information content (AvgIpc) is 2.15. The molecule has 0 spiro atoms. The van der Waals surface area contributed by atoms with Gasteiger partial charge in [0.25, 0.3) is 0 Å². The number of ether oxygens (including phenoxy) is 1. The van der Waals surface area contributed by atoms with Crippen molar-refractivity contribution in [2.24, 2.45) is 0 Å². The van der Waals surface area contributed by atoms with Crippen LogP contribution in [0, 0.1) is 6.07 Å². The number of hydrogen-bond acceptors (Lipinski definition) is 1. The molecule has 0 aliphatic heterocycles. The number of allylic oxidation sites excluding steroid dienone is 1. The van der Waals surface area contributed by atoms with Crippen LogP contribution in [0.5, 0.6) is 5.75 Å². The fraction of sp³-hybridized carbons (Fsp3) is 0.273. The van der Waals surface area contributed by atoms with Crippen LogP contribution in [-0.2, 0) is 6.42 Å². The maximum atomic E-state index is 5.19. The monoisotopic (exact) mass is 264 g/mol. The van der Waals surface area contributed by atoms with Crippen molar-refractivity contribution in [2.45, 2.75) is 12.8 Å². The third-order valence-electron chi connectivity index (χ3n) is 1.74. The second-order valence-corrected chi connectivity index (χ2v) is 2.57. The first kappa shape index (κ1) is 16.4. The molecule has 0 aliphatic rings. The van der Waals surface area contributed by atoms with Gasteiger partial charge in [-0.2, -0.15) is 18.2 Å². The second-order valence-electron chi connectivity index (χ2n) is 2.57. The van der Waals surface area contributed by atoms with Crippen LogP contribution in [-0.4, -0.2) is 30.2 Å². The van der Waals surface area contributed by atoms with Crippen LogP contribution in [0.25, 0.3) is 0 Å². The predicted octanol–water partition coefficient (Wildman–Crippen LogP) is -0.763. The van der Waals surface area contributed by atoms with Crippen LogP contribution >= 0.6 is 0 Å². The molecule has 0 aromatic heterocycles. The topological polar surface area (TPSA) is 9.23 Å². The summed E-state index contributed by atoms with van der Waals surface area (Å²) in [6.45, 7) is 3.68. The van der Waals surface area contributed by atoms with Crippen molar-refractivity contribution >= 4 is 23.1 Å². The molecule has 1 aromatic rings. The van der Waals surface area contributed by atoms with Crippen LogP contribution in [0.1, 0.15) is 12.0 Å². The van der Waals surface area contributed by atoms with Crippen molar-refractivity contribution in [2.75, 3.05) is 7.11 Å². The van der Waals surface area contributed by atoms with E-state index in [1.165, 1.54) is 5.56 Å². The molecule has 0 bridgehead atoms. The first-order valence-electron chi connectivity index (χ1n) is 4.02. The third-order valence-corrected chi connectivity index (χ3v) is 1.74. The van der Waals surface area contributed by atoms with Crippen molar-refractivity contribution in [1.29, 1.82) is 0 Å². The summed E-state index contributed by atoms with van der Waals surface area (Å²) in [7, 11) is 1.69. The smallest absolute Gasteiger partial charge is 1.00 e. The molecule has 0 N–H and O–H groups in total. The van der Waals surface area contributed by atoms with E-state index in [1.54, 1.807) is 7.11 Å². The van der Waals surface area contributed by atoms with Gasteiger partial charge in [0.1, 0.15) is 0 Å². The first-order chi connectivity index (χ1) is 5.88. The zero-order valence-corrected chi connectivity index (χ0v) is 11.4. The standard InChI is InChI=1S/C11H13O.BrH.Mg/c1-3-4-7-10-8-5-6-9-11(10)12-2;;/h3,6,8-9H,1,4,7H2,2H3;1H;/q-1;;+2/p-1. The molecule has 0 amide bonds. The molecule has 0 saturated heterocycles. The normalized spacial score (nSPS) is 8.07. The molecule has 72 valence electrons. The van der Waals surface area contributed by atoms with Gasteiger partial charge >= 0.3 is 23.1 Å². The molecule has 0 fully saturated rings. The van der Waals surface area contributed by atoms with Crippen LogP contribution in [0.15, 0.2) is 30.9 Å². The Balaban J connectivity index is 0. The molecule has 0 atom stereocenters. The van der Waals surface area contributed by atoms with E-state index in [-0.39, 0.29) is 40.0 Å². The van der Waals surface area contributed by atoms with E-state index in [2.05, 4.69) is 12.6 Å². The summed E-state index contributed by atoms with van der Waals surface area (Å²) in [6, 6.07) is 8.78. The Morgan fingerprint density at radius 3 is 2.86 bits per heavy atom. The molecule has 0 unspecified atom stereocenters. The van der Waals surface area contributed by atoms with Crippen LogP contribution in [0.3, 0.4) is 0 Å². The van der Waals surface area contributed by atoms with E-state index in [9.17, 15) is 0 Å². The molecular formula is C11H13BrMgO. The summed E-state index contributed by atoms with van der Waals surface area (Å²) in [5, 5.41) is 0. The molecule has 14 heavy (non-hydrogen) atoms. The molecule has 1 nitrogen and oxygen atoms in total. The van der Waals surface area contributed by atoms with Gasteiger partial charge in [-0.15, -0.1) is 18.2 Å². The SMILES string of the molecule is C=CCCc1c[c-]ccc1OC.[Br-].[Mg+2]. The van der Waals surface area contributed by atoms with E-state index >= 15 is 0 Å². The maximum Gasteiger partial charge on any atom is 2.00 e. The van der Waals surface area contributed by atoms with Gasteiger partial charge in [-0.1, -0.05) is 12.5 Å². The zero-order chi connectivity index (χ0) is 8.81. The van der Waals surface area contributed by atoms with Gasteiger partial charge in [0.05, 0.1) is 7.11 Å². The second kappa shape index (κ2) is 9.56. The predicted molar refractivity (Wildman–Crippen MR) is 56.1 cm³/mol. The number of rotatable bonds is 4. The Bertz CT molecular complexity index is 263. The van der Waals surface area contributed by atoms with Crippen molar-refractivity contribution in [1.82, 2.24) is 0 Å². The van der Waals surface area contributed by atoms with Gasteiger partial charge < -0.3 is 21.7 Å². The fourth-order valence-electron chi connectivity index (χ4n) is 1.10. The summed E-state index contributed by atoms with van der Waals surface area (Å²) < 4.78 is 5.19. The van der Waals surface area contributed by atoms with Gasteiger partial charge in [-0.25, -0.2) is 0 Å². The number of hydrogen-bond donors (Lipinski definition) is 0. The molecule has 0 aliphatic carbocycles. The van der Waals surface area contributed by atoms with Crippen LogP contribution in [0.4, 0.5) is 0 Å². The maximum absolute atomic E-state index is 5.19. The van der Waals surface area contributed by atoms with E-state index in [1.807, 2.05) is 24.3 Å². The van der Waals surface area contributed by atoms with Gasteiger partial charge in [0.2, 0.25) is 0 Å². The number of halogens is 1. The van der Waals surface area contributed by atoms with Gasteiger partial charge in [0.15, 0.2) is 0 Å². The summed E-state index contributed by atoms with van der Waals surface area (Å²) in [4.78, 5) is 0. The Morgan fingerprint density at radius 2 is 2.29 bits per heavy atom.